The number of nitrogens with zero attached hydrogens (tertiary/aromatic N) is 4. The number of Topliss-reactive ketones (excluding diaryl/α,β-unsaturated/α-hetero) is 2. The van der Waals surface area contributed by atoms with Crippen LogP contribution in [0.4, 0.5) is 8.78 Å². The van der Waals surface area contributed by atoms with Crippen LogP contribution < -0.4 is 0 Å². The molecule has 0 radical (unpaired) electrons. The lowest BCUT2D eigenvalue weighted by molar-refractivity contribution is 0.103. The second-order valence-electron chi connectivity index (χ2n) is 22.3. The Labute approximate surface area is 500 Å². The quantitative estimate of drug-likeness (QED) is 0.0720. The highest BCUT2D eigenvalue weighted by atomic mass is 32.1. The number of halogens is 2. The average molecular weight is 1140 g/mol. The SMILES string of the molecule is CCCCCCc1ccc(C2(c3ccc(C)cc3)c3cc(/C=C4\C(=O)c5ccccc5C4=C(C#N)C#N)sc3-c3c(F)c4c(c(F)c32)-c2sc(/C=C3\C(=O)c5ccccc5C3=C(C#N)C#N)cc2C4(c2ccc(C)cc2)c2ccc(C)cc2)cc1. The molecule has 1 atom stereocenters. The fraction of sp³-hybridized carbons (Fsp3) is 0.147. The van der Waals surface area contributed by atoms with Gasteiger partial charge in [0.2, 0.25) is 0 Å². The van der Waals surface area contributed by atoms with Crippen LogP contribution in [0.2, 0.25) is 0 Å². The van der Waals surface area contributed by atoms with Crippen LogP contribution >= 0.6 is 22.7 Å². The van der Waals surface area contributed by atoms with E-state index in [0.717, 1.165) is 54.4 Å². The zero-order valence-electron chi connectivity index (χ0n) is 46.9. The predicted molar refractivity (Wildman–Crippen MR) is 333 cm³/mol. The van der Waals surface area contributed by atoms with Crippen LogP contribution in [0.5, 0.6) is 0 Å². The maximum Gasteiger partial charge on any atom is 0.194 e. The number of unbranched alkanes of at least 4 members (excludes halogenated alkanes) is 3. The first-order chi connectivity index (χ1) is 41.3. The fourth-order valence-corrected chi connectivity index (χ4v) is 16.0. The van der Waals surface area contributed by atoms with Crippen molar-refractivity contribution in [3.8, 4) is 45.2 Å². The van der Waals surface area contributed by atoms with Crippen molar-refractivity contribution in [2.75, 3.05) is 0 Å². The van der Waals surface area contributed by atoms with Gasteiger partial charge in [-0.05, 0) is 108 Å². The van der Waals surface area contributed by atoms with E-state index in [2.05, 4.69) is 19.1 Å². The third kappa shape index (κ3) is 8.09. The van der Waals surface area contributed by atoms with E-state index in [1.807, 2.05) is 142 Å². The highest BCUT2D eigenvalue weighted by Crippen LogP contribution is 2.67. The third-order valence-electron chi connectivity index (χ3n) is 17.5. The van der Waals surface area contributed by atoms with Crippen LogP contribution in [-0.4, -0.2) is 11.6 Å². The van der Waals surface area contributed by atoms with E-state index in [4.69, 9.17) is 0 Å². The summed E-state index contributed by atoms with van der Waals surface area (Å²) in [5, 5.41) is 41.3. The van der Waals surface area contributed by atoms with Gasteiger partial charge in [0.1, 0.15) is 47.1 Å². The Bertz CT molecular complexity index is 4620. The molecule has 0 amide bonds. The number of carbonyl (C=O) groups is 2. The van der Waals surface area contributed by atoms with Gasteiger partial charge in [-0.15, -0.1) is 22.7 Å². The van der Waals surface area contributed by atoms with Gasteiger partial charge in [0.05, 0.1) is 10.8 Å². The van der Waals surface area contributed by atoms with Gasteiger partial charge < -0.3 is 0 Å². The van der Waals surface area contributed by atoms with Crippen molar-refractivity contribution in [1.82, 2.24) is 0 Å². The van der Waals surface area contributed by atoms with Crippen molar-refractivity contribution in [3.05, 3.63) is 290 Å². The number of rotatable bonds is 11. The smallest absolute Gasteiger partial charge is 0.194 e. The standard InChI is InChI=1S/C75H50F2N4O2S2/c1-5-6-7-8-13-45-24-32-51(33-25-45)75(50-30-22-44(4)23-31-50)61-37-53(35-59-63(47(40-80)41-81)55-15-10-12-17-57(55)71(59)83)85-73(61)65-67(75)69(77)64-66(68(65)76)74(48-26-18-42(2)19-27-48,49-28-20-43(3)21-29-49)60-36-52(84-72(60)64)34-58-62(46(38-78)39-79)54-14-9-11-16-56(54)70(58)82/h9-12,14-37H,5-8,13H2,1-4H3/b58-34-,59-35-. The first kappa shape index (κ1) is 54.3. The minimum atomic E-state index is -1.51. The lowest BCUT2D eigenvalue weighted by Gasteiger charge is -2.36. The normalized spacial score (nSPS) is 16.5. The van der Waals surface area contributed by atoms with Gasteiger partial charge in [-0.3, -0.25) is 9.59 Å². The molecule has 9 aromatic rings. The molecule has 4 aliphatic carbocycles. The number of ketones is 2. The Morgan fingerprint density at radius 3 is 1.19 bits per heavy atom. The van der Waals surface area contributed by atoms with Crippen LogP contribution in [0.25, 0.3) is 44.2 Å². The number of hydrogen-bond donors (Lipinski definition) is 0. The molecule has 2 aromatic heterocycles. The lowest BCUT2D eigenvalue weighted by atomic mass is 9.65. The summed E-state index contributed by atoms with van der Waals surface area (Å²) in [5.41, 5.74) is 7.32. The number of fused-ring (bicyclic) bond motifs is 8. The summed E-state index contributed by atoms with van der Waals surface area (Å²) < 4.78 is 40.5. The van der Waals surface area contributed by atoms with Crippen molar-refractivity contribution < 1.29 is 18.4 Å². The molecule has 0 bridgehead atoms. The van der Waals surface area contributed by atoms with E-state index in [1.54, 1.807) is 60.7 Å². The number of thiophene rings is 2. The molecule has 4 aliphatic rings. The topological polar surface area (TPSA) is 129 Å². The third-order valence-corrected chi connectivity index (χ3v) is 19.7. The summed E-state index contributed by atoms with van der Waals surface area (Å²) in [4.78, 5) is 31.1. The van der Waals surface area contributed by atoms with Gasteiger partial charge in [0.25, 0.3) is 0 Å². The number of carbonyl (C=O) groups excluding carboxylic acids is 2. The van der Waals surface area contributed by atoms with Crippen molar-refractivity contribution in [3.63, 3.8) is 0 Å². The molecular weight excluding hydrogens is 1090 g/mol. The van der Waals surface area contributed by atoms with Crippen LogP contribution in [-0.2, 0) is 17.3 Å². The van der Waals surface area contributed by atoms with Gasteiger partial charge >= 0.3 is 0 Å². The molecule has 2 heterocycles. The van der Waals surface area contributed by atoms with Gasteiger partial charge in [-0.25, -0.2) is 8.78 Å². The molecule has 0 N–H and O–H groups in total. The van der Waals surface area contributed by atoms with Gasteiger partial charge in [0.15, 0.2) is 11.6 Å². The summed E-state index contributed by atoms with van der Waals surface area (Å²) in [7, 11) is 0. The van der Waals surface area contributed by atoms with Gasteiger partial charge in [-0.1, -0.05) is 188 Å². The summed E-state index contributed by atoms with van der Waals surface area (Å²) in [6.07, 6.45) is 8.52. The van der Waals surface area contributed by atoms with Crippen molar-refractivity contribution >= 4 is 57.5 Å². The predicted octanol–water partition coefficient (Wildman–Crippen LogP) is 18.0. The number of nitriles is 4. The van der Waals surface area contributed by atoms with Crippen LogP contribution in [0, 0.1) is 77.7 Å². The largest absolute Gasteiger partial charge is 0.289 e. The molecule has 7 aromatic carbocycles. The Morgan fingerprint density at radius 1 is 0.482 bits per heavy atom. The van der Waals surface area contributed by atoms with E-state index < -0.39 is 22.5 Å². The average Bonchev–Trinajstić information content (AvgIpc) is 1.51. The summed E-state index contributed by atoms with van der Waals surface area (Å²) in [6, 6.07) is 57.7. The van der Waals surface area contributed by atoms with E-state index in [9.17, 15) is 30.6 Å². The van der Waals surface area contributed by atoms with Crippen molar-refractivity contribution in [1.29, 1.82) is 21.0 Å². The molecule has 0 spiro atoms. The number of aryl methyl sites for hydroxylation is 4. The minimum Gasteiger partial charge on any atom is -0.289 e. The highest BCUT2D eigenvalue weighted by molar-refractivity contribution is 7.17. The first-order valence-corrected chi connectivity index (χ1v) is 29.9. The molecule has 0 fully saturated rings. The van der Waals surface area contributed by atoms with Crippen LogP contribution in [0.15, 0.2) is 180 Å². The molecule has 408 valence electrons. The molecule has 1 unspecified atom stereocenters. The zero-order chi connectivity index (χ0) is 59.1. The van der Waals surface area contributed by atoms with Crippen molar-refractivity contribution in [2.45, 2.75) is 70.6 Å². The second kappa shape index (κ2) is 21.0. The molecule has 0 saturated heterocycles. The highest BCUT2D eigenvalue weighted by Gasteiger charge is 2.58. The van der Waals surface area contributed by atoms with Gasteiger partial charge in [-0.2, -0.15) is 21.0 Å². The van der Waals surface area contributed by atoms with E-state index in [-0.39, 0.29) is 67.3 Å². The Morgan fingerprint density at radius 2 is 0.835 bits per heavy atom. The fourth-order valence-electron chi connectivity index (χ4n) is 13.6. The zero-order valence-corrected chi connectivity index (χ0v) is 48.5. The molecule has 10 heteroatoms. The minimum absolute atomic E-state index is 0.0831. The summed E-state index contributed by atoms with van der Waals surface area (Å²) in [6.45, 7) is 8.12. The lowest BCUT2D eigenvalue weighted by Crippen LogP contribution is -2.32. The van der Waals surface area contributed by atoms with Crippen LogP contribution in [0.3, 0.4) is 0 Å². The molecule has 0 saturated carbocycles. The molecule has 85 heavy (non-hydrogen) atoms. The number of hydrogen-bond acceptors (Lipinski definition) is 8. The van der Waals surface area contributed by atoms with E-state index in [1.165, 1.54) is 22.7 Å². The number of benzene rings is 7. The second-order valence-corrected chi connectivity index (χ2v) is 24.5. The summed E-state index contributed by atoms with van der Waals surface area (Å²) >= 11 is 2.47. The number of allylic oxidation sites excluding steroid dienone is 6. The molecular formula is C75H50F2N4O2S2. The van der Waals surface area contributed by atoms with Gasteiger partial charge in [0, 0.05) is 75.2 Å². The molecule has 0 aliphatic heterocycles. The monoisotopic (exact) mass is 1140 g/mol. The molecule has 6 nitrogen and oxygen atoms in total. The van der Waals surface area contributed by atoms with Crippen molar-refractivity contribution in [2.24, 2.45) is 0 Å². The van der Waals surface area contributed by atoms with E-state index in [0.29, 0.717) is 75.1 Å². The first-order valence-electron chi connectivity index (χ1n) is 28.3. The van der Waals surface area contributed by atoms with E-state index >= 15 is 8.78 Å². The maximum atomic E-state index is 20.3. The maximum absolute atomic E-state index is 20.3. The Hall–Kier alpha value is -9.94. The summed E-state index contributed by atoms with van der Waals surface area (Å²) in [5.74, 6) is -1.96. The Balaban J connectivity index is 1.15. The van der Waals surface area contributed by atoms with Crippen LogP contribution in [0.1, 0.15) is 141 Å². The molecule has 13 rings (SSSR count). The Kier molecular flexibility index (Phi) is 13.4.